The monoisotopic (exact) mass is 493 g/mol. The summed E-state index contributed by atoms with van der Waals surface area (Å²) in [5.41, 5.74) is 0.859. The van der Waals surface area contributed by atoms with E-state index in [1.165, 1.54) is 4.90 Å². The number of nitrogens with one attached hydrogen (secondary N) is 4. The maximum atomic E-state index is 13.0. The summed E-state index contributed by atoms with van der Waals surface area (Å²) in [5.74, 6) is -0.549. The van der Waals surface area contributed by atoms with Crippen LogP contribution in [0.15, 0.2) is 30.5 Å². The number of amides is 4. The van der Waals surface area contributed by atoms with E-state index in [-0.39, 0.29) is 50.3 Å². The molecule has 0 spiro atoms. The smallest absolute Gasteiger partial charge is 0.255 e. The van der Waals surface area contributed by atoms with E-state index < -0.39 is 17.5 Å². The van der Waals surface area contributed by atoms with Crippen LogP contribution in [0.1, 0.15) is 47.4 Å². The first-order valence-electron chi connectivity index (χ1n) is 11.9. The highest BCUT2D eigenvalue weighted by atomic mass is 16.3. The van der Waals surface area contributed by atoms with Crippen molar-refractivity contribution in [2.75, 3.05) is 30.3 Å². The van der Waals surface area contributed by atoms with E-state index in [1.807, 2.05) is 0 Å². The Morgan fingerprint density at radius 2 is 2.11 bits per heavy atom. The Morgan fingerprint density at radius 3 is 2.86 bits per heavy atom. The van der Waals surface area contributed by atoms with E-state index >= 15 is 0 Å². The van der Waals surface area contributed by atoms with Crippen LogP contribution >= 0.6 is 0 Å². The molecule has 188 valence electrons. The van der Waals surface area contributed by atoms with Crippen LogP contribution in [-0.2, 0) is 26.5 Å². The van der Waals surface area contributed by atoms with E-state index in [9.17, 15) is 24.3 Å². The van der Waals surface area contributed by atoms with Crippen molar-refractivity contribution < 1.29 is 24.3 Å². The van der Waals surface area contributed by atoms with Gasteiger partial charge in [-0.3, -0.25) is 24.5 Å². The molecule has 5 rings (SSSR count). The SMILES string of the molecule is O=C1CCC(N2Cc3c(NC(=O)CNc4ccnc([C@]5(CO)CCCN5)n4)cccc3C2=O)C(=O)N1. The topological polar surface area (TPSA) is 166 Å². The number of benzene rings is 1. The summed E-state index contributed by atoms with van der Waals surface area (Å²) in [5, 5.41) is 21.2. The molecular weight excluding hydrogens is 466 g/mol. The highest BCUT2D eigenvalue weighted by Gasteiger charge is 2.40. The number of imide groups is 1. The van der Waals surface area contributed by atoms with Crippen LogP contribution in [0, 0.1) is 0 Å². The normalized spacial score (nSPS) is 23.4. The molecule has 0 aliphatic carbocycles. The molecule has 0 bridgehead atoms. The average Bonchev–Trinajstić information content (AvgIpc) is 3.50. The van der Waals surface area contributed by atoms with E-state index in [1.54, 1.807) is 30.5 Å². The maximum Gasteiger partial charge on any atom is 0.255 e. The van der Waals surface area contributed by atoms with Gasteiger partial charge in [-0.1, -0.05) is 6.07 Å². The Kier molecular flexibility index (Phi) is 6.37. The number of carbonyl (C=O) groups excluding carboxylic acids is 4. The van der Waals surface area contributed by atoms with E-state index in [4.69, 9.17) is 0 Å². The summed E-state index contributed by atoms with van der Waals surface area (Å²) in [6.45, 7) is 0.736. The summed E-state index contributed by atoms with van der Waals surface area (Å²) in [6.07, 6.45) is 3.66. The number of piperidine rings is 1. The molecule has 2 aromatic rings. The summed E-state index contributed by atoms with van der Waals surface area (Å²) in [6, 6.07) is 5.96. The maximum absolute atomic E-state index is 13.0. The molecule has 4 heterocycles. The molecule has 1 unspecified atom stereocenters. The molecule has 36 heavy (non-hydrogen) atoms. The van der Waals surface area contributed by atoms with Gasteiger partial charge in [0, 0.05) is 36.0 Å². The number of aliphatic hydroxyl groups excluding tert-OH is 1. The van der Waals surface area contributed by atoms with Crippen LogP contribution in [0.25, 0.3) is 0 Å². The van der Waals surface area contributed by atoms with Crippen molar-refractivity contribution in [1.82, 2.24) is 25.5 Å². The molecule has 2 saturated heterocycles. The van der Waals surface area contributed by atoms with Gasteiger partial charge >= 0.3 is 0 Å². The van der Waals surface area contributed by atoms with Gasteiger partial charge in [-0.2, -0.15) is 0 Å². The molecule has 0 saturated carbocycles. The minimum atomic E-state index is -0.726. The number of aliphatic hydroxyl groups is 1. The standard InChI is InChI=1S/C24H27N7O5/c32-13-24(8-2-9-27-24)23-25-10-7-18(29-23)26-11-20(34)28-16-4-1-3-14-15(16)12-31(22(14)36)17-5-6-19(33)30-21(17)35/h1,3-4,7,10,17,27,32H,2,5-6,8-9,11-13H2,(H,28,34)(H,25,26,29)(H,30,33,35)/t17?,24-/m1/s1. The lowest BCUT2D eigenvalue weighted by atomic mass is 9.97. The molecule has 0 radical (unpaired) electrons. The van der Waals surface area contributed by atoms with E-state index in [0.29, 0.717) is 28.5 Å². The lowest BCUT2D eigenvalue weighted by Crippen LogP contribution is -2.52. The predicted molar refractivity (Wildman–Crippen MR) is 128 cm³/mol. The Hall–Kier alpha value is -3.90. The molecule has 5 N–H and O–H groups in total. The molecule has 1 aromatic heterocycles. The number of hydrogen-bond donors (Lipinski definition) is 5. The Balaban J connectivity index is 1.24. The molecule has 3 aliphatic rings. The minimum Gasteiger partial charge on any atom is -0.394 e. The zero-order chi connectivity index (χ0) is 25.3. The second-order valence-corrected chi connectivity index (χ2v) is 9.17. The molecule has 4 amide bonds. The van der Waals surface area contributed by atoms with Crippen molar-refractivity contribution in [2.24, 2.45) is 0 Å². The minimum absolute atomic E-state index is 0.0789. The zero-order valence-corrected chi connectivity index (χ0v) is 19.5. The first-order valence-corrected chi connectivity index (χ1v) is 11.9. The van der Waals surface area contributed by atoms with Gasteiger partial charge in [0.2, 0.25) is 17.7 Å². The summed E-state index contributed by atoms with van der Waals surface area (Å²) >= 11 is 0. The van der Waals surface area contributed by atoms with Gasteiger partial charge in [0.25, 0.3) is 5.91 Å². The molecule has 1 aromatic carbocycles. The molecule has 12 nitrogen and oxygen atoms in total. The molecular formula is C24H27N7O5. The van der Waals surface area contributed by atoms with Crippen molar-refractivity contribution >= 4 is 35.1 Å². The van der Waals surface area contributed by atoms with Crippen molar-refractivity contribution in [1.29, 1.82) is 0 Å². The number of anilines is 2. The first kappa shape index (κ1) is 23.8. The quantitative estimate of drug-likeness (QED) is 0.330. The summed E-state index contributed by atoms with van der Waals surface area (Å²) < 4.78 is 0. The van der Waals surface area contributed by atoms with Crippen LogP contribution in [0.2, 0.25) is 0 Å². The fourth-order valence-electron chi connectivity index (χ4n) is 4.96. The summed E-state index contributed by atoms with van der Waals surface area (Å²) in [4.78, 5) is 59.7. The van der Waals surface area contributed by atoms with Gasteiger partial charge in [-0.15, -0.1) is 0 Å². The highest BCUT2D eigenvalue weighted by molar-refractivity contribution is 6.07. The van der Waals surface area contributed by atoms with E-state index in [0.717, 1.165) is 19.4 Å². The van der Waals surface area contributed by atoms with Crippen molar-refractivity contribution in [3.05, 3.63) is 47.4 Å². The van der Waals surface area contributed by atoms with Gasteiger partial charge in [0.05, 0.1) is 13.2 Å². The van der Waals surface area contributed by atoms with Crippen LogP contribution < -0.4 is 21.3 Å². The van der Waals surface area contributed by atoms with Gasteiger partial charge in [-0.05, 0) is 44.0 Å². The predicted octanol–water partition coefficient (Wildman–Crippen LogP) is -0.141. The Labute approximate surface area is 206 Å². The number of hydrogen-bond acceptors (Lipinski definition) is 9. The van der Waals surface area contributed by atoms with Crippen molar-refractivity contribution in [3.63, 3.8) is 0 Å². The lowest BCUT2D eigenvalue weighted by Gasteiger charge is -2.29. The fourth-order valence-corrected chi connectivity index (χ4v) is 4.96. The lowest BCUT2D eigenvalue weighted by molar-refractivity contribution is -0.137. The van der Waals surface area contributed by atoms with Gasteiger partial charge in [-0.25, -0.2) is 9.97 Å². The average molecular weight is 494 g/mol. The molecule has 3 aliphatic heterocycles. The largest absolute Gasteiger partial charge is 0.394 e. The second-order valence-electron chi connectivity index (χ2n) is 9.17. The number of fused-ring (bicyclic) bond motifs is 1. The number of rotatable bonds is 7. The van der Waals surface area contributed by atoms with Crippen LogP contribution in [0.3, 0.4) is 0 Å². The number of aromatic nitrogens is 2. The van der Waals surface area contributed by atoms with E-state index in [2.05, 4.69) is 31.2 Å². The molecule has 2 atom stereocenters. The highest BCUT2D eigenvalue weighted by Crippen LogP contribution is 2.32. The Bertz CT molecular complexity index is 1230. The number of carbonyl (C=O) groups is 4. The fraction of sp³-hybridized carbons (Fsp3) is 0.417. The third-order valence-corrected chi connectivity index (χ3v) is 6.88. The van der Waals surface area contributed by atoms with Crippen LogP contribution in [-0.4, -0.2) is 69.3 Å². The van der Waals surface area contributed by atoms with Gasteiger partial charge in [0.15, 0.2) is 5.82 Å². The van der Waals surface area contributed by atoms with Crippen LogP contribution in [0.4, 0.5) is 11.5 Å². The molecule has 12 heteroatoms. The number of nitrogens with zero attached hydrogens (tertiary/aromatic N) is 3. The molecule has 2 fully saturated rings. The van der Waals surface area contributed by atoms with Gasteiger partial charge in [0.1, 0.15) is 17.4 Å². The first-order chi connectivity index (χ1) is 17.4. The summed E-state index contributed by atoms with van der Waals surface area (Å²) in [7, 11) is 0. The second kappa shape index (κ2) is 9.63. The third kappa shape index (κ3) is 4.40. The third-order valence-electron chi connectivity index (χ3n) is 6.88. The van der Waals surface area contributed by atoms with Crippen molar-refractivity contribution in [3.8, 4) is 0 Å². The van der Waals surface area contributed by atoms with Crippen LogP contribution in [0.5, 0.6) is 0 Å². The van der Waals surface area contributed by atoms with Gasteiger partial charge < -0.3 is 26.0 Å². The van der Waals surface area contributed by atoms with Crippen molar-refractivity contribution in [2.45, 2.75) is 43.8 Å². The zero-order valence-electron chi connectivity index (χ0n) is 19.5. The Morgan fingerprint density at radius 1 is 1.25 bits per heavy atom.